The molecule has 26 heavy (non-hydrogen) atoms. The maximum Gasteiger partial charge on any atom is 0.334 e. The Labute approximate surface area is 152 Å². The molecular formula is C20H24O6. The first-order chi connectivity index (χ1) is 12.0. The summed E-state index contributed by atoms with van der Waals surface area (Å²) in [6.45, 7) is 12.7. The first-order valence-corrected chi connectivity index (χ1v) is 8.60. The second-order valence-electron chi connectivity index (χ2n) is 7.51. The molecule has 0 radical (unpaired) electrons. The van der Waals surface area contributed by atoms with E-state index in [-0.39, 0.29) is 12.0 Å². The van der Waals surface area contributed by atoms with Gasteiger partial charge in [0.1, 0.15) is 17.8 Å². The van der Waals surface area contributed by atoms with Crippen LogP contribution in [-0.2, 0) is 19.1 Å². The monoisotopic (exact) mass is 360 g/mol. The summed E-state index contributed by atoms with van der Waals surface area (Å²) < 4.78 is 11.1. The molecule has 2 fully saturated rings. The number of aliphatic hydroxyl groups is 2. The molecule has 2 aliphatic carbocycles. The van der Waals surface area contributed by atoms with Crippen LogP contribution >= 0.6 is 0 Å². The van der Waals surface area contributed by atoms with Crippen molar-refractivity contribution in [3.8, 4) is 0 Å². The number of fused-ring (bicyclic) bond motifs is 3. The van der Waals surface area contributed by atoms with Crippen LogP contribution in [0, 0.1) is 11.8 Å². The number of rotatable bonds is 2. The van der Waals surface area contributed by atoms with Crippen LogP contribution in [-0.4, -0.2) is 45.6 Å². The van der Waals surface area contributed by atoms with E-state index in [0.29, 0.717) is 11.1 Å². The molecule has 140 valence electrons. The van der Waals surface area contributed by atoms with Crippen LogP contribution in [0.3, 0.4) is 0 Å². The fraction of sp³-hybridized carbons (Fsp3) is 0.500. The van der Waals surface area contributed by atoms with Crippen LogP contribution in [0.1, 0.15) is 27.2 Å². The van der Waals surface area contributed by atoms with E-state index in [1.54, 1.807) is 26.8 Å². The second-order valence-corrected chi connectivity index (χ2v) is 7.51. The molecule has 0 aromatic carbocycles. The lowest BCUT2D eigenvalue weighted by atomic mass is 9.73. The van der Waals surface area contributed by atoms with Gasteiger partial charge >= 0.3 is 11.9 Å². The van der Waals surface area contributed by atoms with Gasteiger partial charge in [-0.2, -0.15) is 0 Å². The van der Waals surface area contributed by atoms with Gasteiger partial charge in [0.25, 0.3) is 0 Å². The van der Waals surface area contributed by atoms with Crippen LogP contribution in [0.5, 0.6) is 0 Å². The third-order valence-corrected chi connectivity index (χ3v) is 5.80. The van der Waals surface area contributed by atoms with E-state index in [4.69, 9.17) is 9.47 Å². The SMILES string of the molecule is C=C1C(=O)OC2C1C(OC(=O)C(C)=CC)CC(=C)C1(O)C=CC(C)(O)C21. The van der Waals surface area contributed by atoms with Gasteiger partial charge < -0.3 is 19.7 Å². The zero-order valence-electron chi connectivity index (χ0n) is 15.2. The number of carbonyl (C=O) groups is 2. The van der Waals surface area contributed by atoms with E-state index in [2.05, 4.69) is 13.2 Å². The number of hydrogen-bond acceptors (Lipinski definition) is 6. The van der Waals surface area contributed by atoms with E-state index in [1.165, 1.54) is 12.2 Å². The lowest BCUT2D eigenvalue weighted by Gasteiger charge is -2.39. The topological polar surface area (TPSA) is 93.1 Å². The molecule has 0 bridgehead atoms. The molecule has 0 amide bonds. The van der Waals surface area contributed by atoms with Gasteiger partial charge in [0.2, 0.25) is 0 Å². The molecule has 1 aliphatic heterocycles. The van der Waals surface area contributed by atoms with Crippen molar-refractivity contribution in [1.82, 2.24) is 0 Å². The Morgan fingerprint density at radius 3 is 2.65 bits per heavy atom. The maximum absolute atomic E-state index is 12.3. The molecule has 3 aliphatic rings. The lowest BCUT2D eigenvalue weighted by Crippen LogP contribution is -2.51. The highest BCUT2D eigenvalue weighted by atomic mass is 16.6. The van der Waals surface area contributed by atoms with E-state index in [0.717, 1.165) is 0 Å². The van der Waals surface area contributed by atoms with Crippen molar-refractivity contribution in [3.05, 3.63) is 48.1 Å². The van der Waals surface area contributed by atoms with Crippen molar-refractivity contribution in [3.63, 3.8) is 0 Å². The molecule has 0 aromatic heterocycles. The summed E-state index contributed by atoms with van der Waals surface area (Å²) in [6.07, 6.45) is 3.08. The van der Waals surface area contributed by atoms with Crippen LogP contribution < -0.4 is 0 Å². The fourth-order valence-electron chi connectivity index (χ4n) is 4.18. The Balaban J connectivity index is 2.06. The smallest absolute Gasteiger partial charge is 0.334 e. The average Bonchev–Trinajstić information content (AvgIpc) is 2.95. The summed E-state index contributed by atoms with van der Waals surface area (Å²) in [4.78, 5) is 24.5. The fourth-order valence-corrected chi connectivity index (χ4v) is 4.18. The summed E-state index contributed by atoms with van der Waals surface area (Å²) in [6, 6.07) is 0. The Kier molecular flexibility index (Phi) is 4.24. The molecule has 6 heteroatoms. The highest BCUT2D eigenvalue weighted by Gasteiger charge is 2.63. The molecular weight excluding hydrogens is 336 g/mol. The number of carbonyl (C=O) groups excluding carboxylic acids is 2. The number of ether oxygens (including phenoxy) is 2. The van der Waals surface area contributed by atoms with Gasteiger partial charge in [0, 0.05) is 17.6 Å². The molecule has 6 nitrogen and oxygen atoms in total. The Morgan fingerprint density at radius 2 is 2.04 bits per heavy atom. The summed E-state index contributed by atoms with van der Waals surface area (Å²) in [5, 5.41) is 22.0. The standard InChI is InChI=1S/C20H24O6/c1-6-10(2)17(21)25-13-9-11(3)20(24)8-7-19(5,23)16(20)15-14(13)12(4)18(22)26-15/h6-8,13-16,23-24H,3-4,9H2,1-2,5H3. The van der Waals surface area contributed by atoms with E-state index in [9.17, 15) is 19.8 Å². The van der Waals surface area contributed by atoms with Gasteiger partial charge in [-0.3, -0.25) is 0 Å². The van der Waals surface area contributed by atoms with Crippen LogP contribution in [0.15, 0.2) is 48.1 Å². The Morgan fingerprint density at radius 1 is 1.38 bits per heavy atom. The Hall–Kier alpha value is -2.18. The molecule has 3 rings (SSSR count). The van der Waals surface area contributed by atoms with Gasteiger partial charge in [0.05, 0.1) is 17.4 Å². The molecule has 0 aromatic rings. The van der Waals surface area contributed by atoms with E-state index < -0.39 is 47.2 Å². The summed E-state index contributed by atoms with van der Waals surface area (Å²) in [7, 11) is 0. The minimum absolute atomic E-state index is 0.132. The van der Waals surface area contributed by atoms with Crippen molar-refractivity contribution in [2.75, 3.05) is 0 Å². The van der Waals surface area contributed by atoms with Crippen LogP contribution in [0.4, 0.5) is 0 Å². The van der Waals surface area contributed by atoms with Crippen LogP contribution in [0.2, 0.25) is 0 Å². The quantitative estimate of drug-likeness (QED) is 0.441. The molecule has 0 spiro atoms. The minimum atomic E-state index is -1.56. The van der Waals surface area contributed by atoms with Gasteiger partial charge in [-0.25, -0.2) is 9.59 Å². The molecule has 1 saturated carbocycles. The lowest BCUT2D eigenvalue weighted by molar-refractivity contribution is -0.155. The summed E-state index contributed by atoms with van der Waals surface area (Å²) in [5.74, 6) is -2.65. The predicted molar refractivity (Wildman–Crippen MR) is 93.8 cm³/mol. The van der Waals surface area contributed by atoms with Gasteiger partial charge in [-0.1, -0.05) is 25.3 Å². The third kappa shape index (κ3) is 2.56. The Bertz CT molecular complexity index is 758. The third-order valence-electron chi connectivity index (χ3n) is 5.80. The molecule has 6 unspecified atom stereocenters. The molecule has 1 saturated heterocycles. The highest BCUT2D eigenvalue weighted by Crippen LogP contribution is 2.53. The van der Waals surface area contributed by atoms with E-state index in [1.807, 2.05) is 0 Å². The molecule has 1 heterocycles. The van der Waals surface area contributed by atoms with Crippen molar-refractivity contribution in [2.24, 2.45) is 11.8 Å². The maximum atomic E-state index is 12.3. The highest BCUT2D eigenvalue weighted by molar-refractivity contribution is 5.92. The van der Waals surface area contributed by atoms with Gasteiger partial charge in [-0.05, 0) is 32.4 Å². The summed E-state index contributed by atoms with van der Waals surface area (Å²) >= 11 is 0. The predicted octanol–water partition coefficient (Wildman–Crippen LogP) is 1.59. The van der Waals surface area contributed by atoms with Crippen molar-refractivity contribution >= 4 is 11.9 Å². The van der Waals surface area contributed by atoms with Crippen molar-refractivity contribution in [1.29, 1.82) is 0 Å². The average molecular weight is 360 g/mol. The minimum Gasteiger partial charge on any atom is -0.458 e. The molecule has 6 atom stereocenters. The van der Waals surface area contributed by atoms with Gasteiger partial charge in [0.15, 0.2) is 0 Å². The van der Waals surface area contributed by atoms with Crippen molar-refractivity contribution < 1.29 is 29.3 Å². The zero-order chi connectivity index (χ0) is 19.4. The second kappa shape index (κ2) is 5.93. The number of hydrogen-bond donors (Lipinski definition) is 2. The largest absolute Gasteiger partial charge is 0.458 e. The first kappa shape index (κ1) is 18.6. The first-order valence-electron chi connectivity index (χ1n) is 8.60. The van der Waals surface area contributed by atoms with E-state index >= 15 is 0 Å². The number of allylic oxidation sites excluding steroid dienone is 1. The normalized spacial score (nSPS) is 42.2. The van der Waals surface area contributed by atoms with Crippen molar-refractivity contribution in [2.45, 2.75) is 50.6 Å². The summed E-state index contributed by atoms with van der Waals surface area (Å²) in [5.41, 5.74) is -1.98. The molecule has 2 N–H and O–H groups in total. The van der Waals surface area contributed by atoms with Gasteiger partial charge in [-0.15, -0.1) is 0 Å². The van der Waals surface area contributed by atoms with Crippen LogP contribution in [0.25, 0.3) is 0 Å². The number of esters is 2. The zero-order valence-corrected chi connectivity index (χ0v) is 15.2.